The van der Waals surface area contributed by atoms with E-state index in [0.29, 0.717) is 13.1 Å². The van der Waals surface area contributed by atoms with Crippen LogP contribution in [0.5, 0.6) is 0 Å². The van der Waals surface area contributed by atoms with E-state index >= 15 is 0 Å². The minimum absolute atomic E-state index is 0.157. The number of aldehydes is 2. The molecule has 0 spiro atoms. The third kappa shape index (κ3) is 3.05. The van der Waals surface area contributed by atoms with E-state index in [-0.39, 0.29) is 23.5 Å². The zero-order chi connectivity index (χ0) is 14.5. The average molecular weight is 299 g/mol. The number of carbonyl (C=O) groups excluding carboxylic acids is 2. The molecule has 5 atom stereocenters. The number of likely N-dealkylation sites (N-methyl/N-ethyl adjacent to an activating group) is 1. The molecule has 2 fully saturated rings. The quantitative estimate of drug-likeness (QED) is 0.674. The van der Waals surface area contributed by atoms with Gasteiger partial charge in [-0.1, -0.05) is 18.7 Å². The number of nitrogens with one attached hydrogen (secondary N) is 2. The third-order valence-electron chi connectivity index (χ3n) is 3.62. The van der Waals surface area contributed by atoms with Crippen LogP contribution in [0.1, 0.15) is 13.8 Å². The fourth-order valence-electron chi connectivity index (χ4n) is 2.62. The number of rotatable bonds is 6. The summed E-state index contributed by atoms with van der Waals surface area (Å²) in [6, 6.07) is -0.170. The van der Waals surface area contributed by atoms with E-state index in [1.54, 1.807) is 0 Å². The number of thioether (sulfide) groups is 1. The summed E-state index contributed by atoms with van der Waals surface area (Å²) in [7, 11) is 0. The third-order valence-corrected chi connectivity index (χ3v) is 4.73. The van der Waals surface area contributed by atoms with E-state index in [1.165, 1.54) is 11.8 Å². The van der Waals surface area contributed by atoms with Gasteiger partial charge in [-0.2, -0.15) is 0 Å². The monoisotopic (exact) mass is 299 g/mol. The number of hydrogen-bond donors (Lipinski definition) is 2. The zero-order valence-electron chi connectivity index (χ0n) is 11.7. The van der Waals surface area contributed by atoms with Crippen LogP contribution in [0.4, 0.5) is 0 Å². The number of hydrogen-bond acceptors (Lipinski definition) is 6. The van der Waals surface area contributed by atoms with Crippen molar-refractivity contribution in [2.45, 2.75) is 31.4 Å². The molecule has 0 saturated carbocycles. The standard InChI is InChI=1S/C13H21N3O3S/c1-3-14-5-10-8(6-17)9(7-18)11-12(19-10)20-13(16-11)15-4-2/h6-12,14H,3-5H2,1-2H3,(H,15,16)/t8-,9+,10-,11+,12+/m0/s1. The summed E-state index contributed by atoms with van der Waals surface area (Å²) in [5.74, 6) is -0.783. The van der Waals surface area contributed by atoms with Gasteiger partial charge in [0.05, 0.1) is 24.0 Å². The molecule has 2 heterocycles. The molecular formula is C13H21N3O3S. The van der Waals surface area contributed by atoms with Crippen molar-refractivity contribution in [2.24, 2.45) is 16.8 Å². The van der Waals surface area contributed by atoms with Crippen molar-refractivity contribution in [3.63, 3.8) is 0 Å². The van der Waals surface area contributed by atoms with Crippen molar-refractivity contribution in [1.82, 2.24) is 10.6 Å². The number of aliphatic imine (C=N–C) groups is 1. The molecule has 0 unspecified atom stereocenters. The average Bonchev–Trinajstić information content (AvgIpc) is 2.85. The lowest BCUT2D eigenvalue weighted by Gasteiger charge is -2.39. The molecule has 2 aliphatic rings. The van der Waals surface area contributed by atoms with Crippen LogP contribution in [-0.2, 0) is 14.3 Å². The molecule has 2 aliphatic heterocycles. The van der Waals surface area contributed by atoms with Crippen molar-refractivity contribution < 1.29 is 14.3 Å². The summed E-state index contributed by atoms with van der Waals surface area (Å²) in [6.07, 6.45) is 1.46. The van der Waals surface area contributed by atoms with Gasteiger partial charge in [0.25, 0.3) is 0 Å². The summed E-state index contributed by atoms with van der Waals surface area (Å²) in [6.45, 7) is 6.01. The maximum Gasteiger partial charge on any atom is 0.159 e. The first-order valence-corrected chi connectivity index (χ1v) is 7.87. The maximum absolute atomic E-state index is 11.4. The minimum atomic E-state index is -0.415. The van der Waals surface area contributed by atoms with Crippen molar-refractivity contribution in [1.29, 1.82) is 0 Å². The second-order valence-electron chi connectivity index (χ2n) is 4.84. The van der Waals surface area contributed by atoms with Crippen molar-refractivity contribution in [2.75, 3.05) is 19.6 Å². The van der Waals surface area contributed by atoms with Crippen LogP contribution in [0.2, 0.25) is 0 Å². The van der Waals surface area contributed by atoms with Gasteiger partial charge in [-0.05, 0) is 13.5 Å². The van der Waals surface area contributed by atoms with Crippen LogP contribution < -0.4 is 10.6 Å². The zero-order valence-corrected chi connectivity index (χ0v) is 12.6. The molecule has 2 N–H and O–H groups in total. The molecule has 0 aromatic carbocycles. The highest BCUT2D eigenvalue weighted by Crippen LogP contribution is 2.38. The normalized spacial score (nSPS) is 38.3. The lowest BCUT2D eigenvalue weighted by atomic mass is 9.82. The SMILES string of the molecule is CCN=C1N[C@@H]2[C@H](C=O)[C@H](C=O)[C@H](CNCC)O[C@@H]2S1. The Labute approximate surface area is 123 Å². The first kappa shape index (κ1) is 15.5. The van der Waals surface area contributed by atoms with E-state index in [4.69, 9.17) is 4.74 Å². The second kappa shape index (κ2) is 7.19. The highest BCUT2D eigenvalue weighted by molar-refractivity contribution is 8.14. The van der Waals surface area contributed by atoms with Gasteiger partial charge in [0.15, 0.2) is 5.17 Å². The van der Waals surface area contributed by atoms with Gasteiger partial charge in [0.2, 0.25) is 0 Å². The predicted molar refractivity (Wildman–Crippen MR) is 78.8 cm³/mol. The van der Waals surface area contributed by atoms with Crippen LogP contribution in [0, 0.1) is 11.8 Å². The van der Waals surface area contributed by atoms with Crippen LogP contribution in [0.25, 0.3) is 0 Å². The van der Waals surface area contributed by atoms with Crippen molar-refractivity contribution >= 4 is 29.5 Å². The number of fused-ring (bicyclic) bond motifs is 1. The van der Waals surface area contributed by atoms with E-state index in [9.17, 15) is 9.59 Å². The first-order chi connectivity index (χ1) is 9.74. The Kier molecular flexibility index (Phi) is 5.56. The Morgan fingerprint density at radius 1 is 1.35 bits per heavy atom. The molecular weight excluding hydrogens is 278 g/mol. The second-order valence-corrected chi connectivity index (χ2v) is 5.93. The Balaban J connectivity index is 2.16. The summed E-state index contributed by atoms with van der Waals surface area (Å²) in [5, 5.41) is 7.19. The topological polar surface area (TPSA) is 79.8 Å². The van der Waals surface area contributed by atoms with Crippen molar-refractivity contribution in [3.8, 4) is 0 Å². The highest BCUT2D eigenvalue weighted by Gasteiger charge is 2.49. The van der Waals surface area contributed by atoms with Crippen molar-refractivity contribution in [3.05, 3.63) is 0 Å². The van der Waals surface area contributed by atoms with Crippen LogP contribution in [0.3, 0.4) is 0 Å². The minimum Gasteiger partial charge on any atom is -0.360 e. The Bertz CT molecular complexity index is 391. The molecule has 0 bridgehead atoms. The van der Waals surface area contributed by atoms with Gasteiger partial charge < -0.3 is 25.0 Å². The summed E-state index contributed by atoms with van der Waals surface area (Å²) < 4.78 is 5.99. The molecule has 7 heteroatoms. The molecule has 0 aliphatic carbocycles. The van der Waals surface area contributed by atoms with E-state index in [2.05, 4.69) is 15.6 Å². The largest absolute Gasteiger partial charge is 0.360 e. The van der Waals surface area contributed by atoms with E-state index in [0.717, 1.165) is 24.3 Å². The molecule has 2 saturated heterocycles. The Morgan fingerprint density at radius 3 is 2.70 bits per heavy atom. The van der Waals surface area contributed by atoms with Crippen LogP contribution in [0.15, 0.2) is 4.99 Å². The van der Waals surface area contributed by atoms with Gasteiger partial charge in [-0.3, -0.25) is 4.99 Å². The number of amidine groups is 1. The fourth-order valence-corrected chi connectivity index (χ4v) is 3.84. The number of nitrogens with zero attached hydrogens (tertiary/aromatic N) is 1. The van der Waals surface area contributed by atoms with Gasteiger partial charge in [-0.15, -0.1) is 0 Å². The Morgan fingerprint density at radius 2 is 2.10 bits per heavy atom. The molecule has 0 aromatic rings. The van der Waals surface area contributed by atoms with E-state index < -0.39 is 5.92 Å². The molecule has 20 heavy (non-hydrogen) atoms. The van der Waals surface area contributed by atoms with E-state index in [1.807, 2.05) is 13.8 Å². The predicted octanol–water partition coefficient (Wildman–Crippen LogP) is 0.0319. The van der Waals surface area contributed by atoms with Crippen LogP contribution >= 0.6 is 11.8 Å². The lowest BCUT2D eigenvalue weighted by Crippen LogP contribution is -2.56. The summed E-state index contributed by atoms with van der Waals surface area (Å²) in [5.41, 5.74) is -0.157. The Hall–Kier alpha value is -0.920. The highest BCUT2D eigenvalue weighted by atomic mass is 32.2. The van der Waals surface area contributed by atoms with Crippen LogP contribution in [-0.4, -0.2) is 55.0 Å². The molecule has 0 aromatic heterocycles. The number of ether oxygens (including phenoxy) is 1. The molecule has 0 radical (unpaired) electrons. The molecule has 0 amide bonds. The number of carbonyl (C=O) groups is 2. The van der Waals surface area contributed by atoms with Gasteiger partial charge >= 0.3 is 0 Å². The van der Waals surface area contributed by atoms with Gasteiger partial charge in [0.1, 0.15) is 18.0 Å². The fraction of sp³-hybridized carbons (Fsp3) is 0.769. The maximum atomic E-state index is 11.4. The van der Waals surface area contributed by atoms with Gasteiger partial charge in [0, 0.05) is 13.1 Å². The lowest BCUT2D eigenvalue weighted by molar-refractivity contribution is -0.137. The molecule has 6 nitrogen and oxygen atoms in total. The summed E-state index contributed by atoms with van der Waals surface area (Å²) >= 11 is 1.50. The summed E-state index contributed by atoms with van der Waals surface area (Å²) in [4.78, 5) is 27.1. The first-order valence-electron chi connectivity index (χ1n) is 6.99. The molecule has 112 valence electrons. The van der Waals surface area contributed by atoms with Gasteiger partial charge in [-0.25, -0.2) is 0 Å². The molecule has 2 rings (SSSR count). The smallest absolute Gasteiger partial charge is 0.159 e.